The Hall–Kier alpha value is -1.63. The second-order valence-electron chi connectivity index (χ2n) is 4.58. The van der Waals surface area contributed by atoms with Crippen molar-refractivity contribution in [2.45, 2.75) is 13.5 Å². The monoisotopic (exact) mass is 326 g/mol. The summed E-state index contributed by atoms with van der Waals surface area (Å²) in [6, 6.07) is 8.60. The summed E-state index contributed by atoms with van der Waals surface area (Å²) in [6.07, 6.45) is 1.52. The van der Waals surface area contributed by atoms with Crippen molar-refractivity contribution in [3.8, 4) is 0 Å². The molecule has 2 aromatic rings. The van der Waals surface area contributed by atoms with Crippen LogP contribution in [0.25, 0.3) is 6.08 Å². The molecule has 0 fully saturated rings. The van der Waals surface area contributed by atoms with Gasteiger partial charge >= 0.3 is 0 Å². The van der Waals surface area contributed by atoms with Crippen molar-refractivity contribution in [2.75, 3.05) is 7.05 Å². The molecular formula is C14H15ClN2O3S. The maximum Gasteiger partial charge on any atom is 0.236 e. The van der Waals surface area contributed by atoms with Gasteiger partial charge in [0.1, 0.15) is 5.76 Å². The van der Waals surface area contributed by atoms with Crippen LogP contribution in [0.2, 0.25) is 5.02 Å². The molecule has 0 N–H and O–H groups in total. The van der Waals surface area contributed by atoms with Crippen molar-refractivity contribution >= 4 is 27.7 Å². The molecule has 1 aromatic carbocycles. The third-order valence-corrected chi connectivity index (χ3v) is 4.53. The molecule has 0 aliphatic carbocycles. The quantitative estimate of drug-likeness (QED) is 0.847. The van der Waals surface area contributed by atoms with E-state index in [4.69, 9.17) is 16.1 Å². The van der Waals surface area contributed by atoms with Gasteiger partial charge < -0.3 is 4.52 Å². The molecular weight excluding hydrogens is 312 g/mol. The molecule has 0 amide bonds. The fourth-order valence-corrected chi connectivity index (χ4v) is 2.63. The summed E-state index contributed by atoms with van der Waals surface area (Å²) >= 11 is 5.78. The van der Waals surface area contributed by atoms with Gasteiger partial charge in [-0.25, -0.2) is 8.42 Å². The number of aromatic nitrogens is 1. The molecule has 0 unspecified atom stereocenters. The van der Waals surface area contributed by atoms with E-state index in [9.17, 15) is 8.42 Å². The average molecular weight is 327 g/mol. The minimum Gasteiger partial charge on any atom is -0.361 e. The Morgan fingerprint density at radius 1 is 1.33 bits per heavy atom. The van der Waals surface area contributed by atoms with Crippen molar-refractivity contribution in [1.82, 2.24) is 9.46 Å². The van der Waals surface area contributed by atoms with Crippen molar-refractivity contribution in [3.63, 3.8) is 0 Å². The molecule has 0 aliphatic heterocycles. The largest absolute Gasteiger partial charge is 0.361 e. The SMILES string of the molecule is Cc1cc(CN(C)S(=O)(=O)/C=C/c2ccc(Cl)cc2)no1. The normalized spacial score (nSPS) is 12.4. The Morgan fingerprint density at radius 3 is 2.57 bits per heavy atom. The van der Waals surface area contributed by atoms with Crippen LogP contribution < -0.4 is 0 Å². The lowest BCUT2D eigenvalue weighted by molar-refractivity contribution is 0.379. The zero-order chi connectivity index (χ0) is 15.5. The van der Waals surface area contributed by atoms with Crippen molar-refractivity contribution in [3.05, 3.63) is 57.8 Å². The predicted molar refractivity (Wildman–Crippen MR) is 82.1 cm³/mol. The van der Waals surface area contributed by atoms with Gasteiger partial charge in [-0.05, 0) is 30.7 Å². The van der Waals surface area contributed by atoms with Crippen molar-refractivity contribution in [2.24, 2.45) is 0 Å². The van der Waals surface area contributed by atoms with Crippen LogP contribution in [0.5, 0.6) is 0 Å². The highest BCUT2D eigenvalue weighted by atomic mass is 35.5. The highest BCUT2D eigenvalue weighted by molar-refractivity contribution is 7.92. The van der Waals surface area contributed by atoms with Crippen LogP contribution in [0.1, 0.15) is 17.0 Å². The second kappa shape index (κ2) is 6.43. The summed E-state index contributed by atoms with van der Waals surface area (Å²) in [7, 11) is -2.03. The molecule has 7 heteroatoms. The maximum atomic E-state index is 12.1. The number of rotatable bonds is 5. The van der Waals surface area contributed by atoms with Gasteiger partial charge in [0, 0.05) is 23.5 Å². The van der Waals surface area contributed by atoms with Crippen LogP contribution in [0, 0.1) is 6.92 Å². The average Bonchev–Trinajstić information content (AvgIpc) is 2.83. The van der Waals surface area contributed by atoms with E-state index < -0.39 is 10.0 Å². The molecule has 0 atom stereocenters. The Kier molecular flexibility index (Phi) is 4.82. The zero-order valence-corrected chi connectivity index (χ0v) is 13.2. The van der Waals surface area contributed by atoms with Gasteiger partial charge in [-0.1, -0.05) is 28.9 Å². The van der Waals surface area contributed by atoms with Crippen LogP contribution >= 0.6 is 11.6 Å². The van der Waals surface area contributed by atoms with Gasteiger partial charge in [0.2, 0.25) is 10.0 Å². The molecule has 5 nitrogen and oxygen atoms in total. The molecule has 112 valence electrons. The van der Waals surface area contributed by atoms with Gasteiger partial charge in [0.15, 0.2) is 0 Å². The Morgan fingerprint density at radius 2 is 2.00 bits per heavy atom. The lowest BCUT2D eigenvalue weighted by atomic mass is 10.2. The van der Waals surface area contributed by atoms with Gasteiger partial charge in [-0.3, -0.25) is 0 Å². The predicted octanol–water partition coefficient (Wildman–Crippen LogP) is 3.07. The number of hydrogen-bond donors (Lipinski definition) is 0. The lowest BCUT2D eigenvalue weighted by Crippen LogP contribution is -2.24. The summed E-state index contributed by atoms with van der Waals surface area (Å²) in [6.45, 7) is 1.91. The fourth-order valence-electron chi connectivity index (χ4n) is 1.65. The van der Waals surface area contributed by atoms with Gasteiger partial charge in [0.05, 0.1) is 12.2 Å². The Bertz CT molecular complexity index is 736. The molecule has 2 rings (SSSR count). The number of hydrogen-bond acceptors (Lipinski definition) is 4. The summed E-state index contributed by atoms with van der Waals surface area (Å²) in [5, 5.41) is 5.54. The van der Waals surface area contributed by atoms with Crippen molar-refractivity contribution < 1.29 is 12.9 Å². The van der Waals surface area contributed by atoms with E-state index in [0.29, 0.717) is 16.5 Å². The third-order valence-electron chi connectivity index (χ3n) is 2.80. The van der Waals surface area contributed by atoms with Crippen LogP contribution in [0.4, 0.5) is 0 Å². The molecule has 1 heterocycles. The lowest BCUT2D eigenvalue weighted by Gasteiger charge is -2.12. The first-order valence-electron chi connectivity index (χ1n) is 6.19. The van der Waals surface area contributed by atoms with E-state index in [1.165, 1.54) is 17.4 Å². The zero-order valence-electron chi connectivity index (χ0n) is 11.7. The Balaban J connectivity index is 2.08. The summed E-state index contributed by atoms with van der Waals surface area (Å²) in [5.74, 6) is 0.646. The molecule has 0 aliphatic rings. The number of benzene rings is 1. The topological polar surface area (TPSA) is 63.4 Å². The van der Waals surface area contributed by atoms with Gasteiger partial charge in [0.25, 0.3) is 0 Å². The molecule has 0 radical (unpaired) electrons. The summed E-state index contributed by atoms with van der Waals surface area (Å²) < 4.78 is 30.4. The fraction of sp³-hybridized carbons (Fsp3) is 0.214. The highest BCUT2D eigenvalue weighted by Crippen LogP contribution is 2.13. The van der Waals surface area contributed by atoms with E-state index in [2.05, 4.69) is 5.16 Å². The smallest absolute Gasteiger partial charge is 0.236 e. The van der Waals surface area contributed by atoms with Crippen LogP contribution in [-0.2, 0) is 16.6 Å². The number of aryl methyl sites for hydroxylation is 1. The first-order chi connectivity index (χ1) is 9.87. The number of nitrogens with zero attached hydrogens (tertiary/aromatic N) is 2. The third kappa shape index (κ3) is 4.42. The maximum absolute atomic E-state index is 12.1. The number of halogens is 1. The standard InChI is InChI=1S/C14H15ClN2O3S/c1-11-9-14(16-20-11)10-17(2)21(18,19)8-7-12-3-5-13(15)6-4-12/h3-9H,10H2,1-2H3/b8-7+. The first-order valence-corrected chi connectivity index (χ1v) is 8.07. The molecule has 21 heavy (non-hydrogen) atoms. The van der Waals surface area contributed by atoms with E-state index in [-0.39, 0.29) is 6.54 Å². The minimum atomic E-state index is -3.52. The summed E-state index contributed by atoms with van der Waals surface area (Å²) in [5.41, 5.74) is 1.33. The van der Waals surface area contributed by atoms with Crippen LogP contribution in [0.3, 0.4) is 0 Å². The second-order valence-corrected chi connectivity index (χ2v) is 6.95. The Labute approximate surface area is 128 Å². The van der Waals surface area contributed by atoms with Crippen LogP contribution in [0.15, 0.2) is 40.3 Å². The molecule has 0 bridgehead atoms. The molecule has 0 saturated heterocycles. The molecule has 0 spiro atoms. The van der Waals surface area contributed by atoms with E-state index >= 15 is 0 Å². The van der Waals surface area contributed by atoms with Gasteiger partial charge in [-0.2, -0.15) is 4.31 Å². The molecule has 0 saturated carbocycles. The summed E-state index contributed by atoms with van der Waals surface area (Å²) in [4.78, 5) is 0. The molecule has 1 aromatic heterocycles. The van der Waals surface area contributed by atoms with E-state index in [1.54, 1.807) is 37.3 Å². The van der Waals surface area contributed by atoms with Crippen LogP contribution in [-0.4, -0.2) is 24.9 Å². The van der Waals surface area contributed by atoms with Gasteiger partial charge in [-0.15, -0.1) is 0 Å². The minimum absolute atomic E-state index is 0.157. The highest BCUT2D eigenvalue weighted by Gasteiger charge is 2.16. The number of sulfonamides is 1. The first kappa shape index (κ1) is 15.8. The van der Waals surface area contributed by atoms with E-state index in [0.717, 1.165) is 11.0 Å². The van der Waals surface area contributed by atoms with E-state index in [1.807, 2.05) is 0 Å². The van der Waals surface area contributed by atoms with Crippen molar-refractivity contribution in [1.29, 1.82) is 0 Å².